The molecule has 0 saturated heterocycles. The second-order valence-corrected chi connectivity index (χ2v) is 4.09. The zero-order valence-corrected chi connectivity index (χ0v) is 8.44. The second kappa shape index (κ2) is 3.50. The summed E-state index contributed by atoms with van der Waals surface area (Å²) >= 11 is 4.39. The van der Waals surface area contributed by atoms with Crippen LogP contribution in [0, 0.1) is 0 Å². The molecule has 0 aliphatic rings. The molecule has 0 aliphatic carbocycles. The van der Waals surface area contributed by atoms with Crippen molar-refractivity contribution < 1.29 is 0 Å². The minimum absolute atomic E-state index is 0.0261. The molecule has 1 rings (SSSR count). The van der Waals surface area contributed by atoms with Gasteiger partial charge in [0.25, 0.3) is 0 Å². The molecule has 1 nitrogen and oxygen atoms in total. The molecule has 0 unspecified atom stereocenters. The third-order valence-electron chi connectivity index (χ3n) is 2.14. The van der Waals surface area contributed by atoms with E-state index in [0.717, 1.165) is 4.90 Å². The third-order valence-corrected chi connectivity index (χ3v) is 2.53. The maximum atomic E-state index is 5.67. The Morgan fingerprint density at radius 3 is 2.42 bits per heavy atom. The van der Waals surface area contributed by atoms with E-state index in [1.54, 1.807) is 0 Å². The van der Waals surface area contributed by atoms with Gasteiger partial charge in [-0.25, -0.2) is 0 Å². The summed E-state index contributed by atoms with van der Waals surface area (Å²) in [7, 11) is 0. The number of hydrogen-bond acceptors (Lipinski definition) is 2. The van der Waals surface area contributed by atoms with Gasteiger partial charge < -0.3 is 5.73 Å². The van der Waals surface area contributed by atoms with Gasteiger partial charge in [-0.2, -0.15) is 0 Å². The largest absolute Gasteiger partial charge is 0.330 e. The van der Waals surface area contributed by atoms with Crippen LogP contribution in [-0.2, 0) is 5.41 Å². The van der Waals surface area contributed by atoms with Crippen LogP contribution >= 0.6 is 12.6 Å². The van der Waals surface area contributed by atoms with Gasteiger partial charge in [0.05, 0.1) is 0 Å². The third kappa shape index (κ3) is 1.82. The number of thiol groups is 1. The van der Waals surface area contributed by atoms with Gasteiger partial charge in [0.1, 0.15) is 0 Å². The van der Waals surface area contributed by atoms with Crippen LogP contribution in [0.15, 0.2) is 29.2 Å². The van der Waals surface area contributed by atoms with Crippen molar-refractivity contribution in [3.8, 4) is 0 Å². The van der Waals surface area contributed by atoms with E-state index in [4.69, 9.17) is 5.73 Å². The van der Waals surface area contributed by atoms with Crippen LogP contribution in [-0.4, -0.2) is 6.54 Å². The Hall–Kier alpha value is -0.470. The first-order valence-electron chi connectivity index (χ1n) is 4.06. The highest BCUT2D eigenvalue weighted by atomic mass is 32.1. The summed E-state index contributed by atoms with van der Waals surface area (Å²) in [5, 5.41) is 0. The van der Waals surface area contributed by atoms with Crippen LogP contribution in [0.2, 0.25) is 0 Å². The van der Waals surface area contributed by atoms with E-state index in [0.29, 0.717) is 6.54 Å². The summed E-state index contributed by atoms with van der Waals surface area (Å²) < 4.78 is 0. The van der Waals surface area contributed by atoms with Crippen molar-refractivity contribution in [2.45, 2.75) is 24.2 Å². The molecular weight excluding hydrogens is 166 g/mol. The van der Waals surface area contributed by atoms with Crippen LogP contribution in [0.1, 0.15) is 19.4 Å². The van der Waals surface area contributed by atoms with Crippen LogP contribution < -0.4 is 5.73 Å². The molecule has 12 heavy (non-hydrogen) atoms. The van der Waals surface area contributed by atoms with Crippen molar-refractivity contribution >= 4 is 12.6 Å². The first-order chi connectivity index (χ1) is 5.58. The Morgan fingerprint density at radius 1 is 1.33 bits per heavy atom. The van der Waals surface area contributed by atoms with E-state index in [1.807, 2.05) is 18.2 Å². The highest BCUT2D eigenvalue weighted by Gasteiger charge is 2.19. The number of hydrogen-bond donors (Lipinski definition) is 2. The molecule has 1 aromatic carbocycles. The SMILES string of the molecule is CC(C)(CN)c1ccccc1S. The fourth-order valence-electron chi connectivity index (χ4n) is 1.16. The number of nitrogens with two attached hydrogens (primary N) is 1. The van der Waals surface area contributed by atoms with E-state index < -0.39 is 0 Å². The lowest BCUT2D eigenvalue weighted by Crippen LogP contribution is -2.28. The van der Waals surface area contributed by atoms with Crippen molar-refractivity contribution in [1.29, 1.82) is 0 Å². The normalized spacial score (nSPS) is 11.7. The fraction of sp³-hybridized carbons (Fsp3) is 0.400. The maximum Gasteiger partial charge on any atom is 0.00779 e. The Kier molecular flexibility index (Phi) is 2.80. The van der Waals surface area contributed by atoms with Gasteiger partial charge in [-0.3, -0.25) is 0 Å². The number of rotatable bonds is 2. The fourth-order valence-corrected chi connectivity index (χ4v) is 1.62. The van der Waals surface area contributed by atoms with Crippen molar-refractivity contribution in [2.75, 3.05) is 6.54 Å². The predicted octanol–water partition coefficient (Wildman–Crippen LogP) is 2.21. The summed E-state index contributed by atoms with van der Waals surface area (Å²) in [5.41, 5.74) is 6.92. The monoisotopic (exact) mass is 181 g/mol. The Balaban J connectivity index is 3.10. The second-order valence-electron chi connectivity index (χ2n) is 3.61. The molecule has 0 bridgehead atoms. The predicted molar refractivity (Wildman–Crippen MR) is 55.8 cm³/mol. The minimum Gasteiger partial charge on any atom is -0.330 e. The smallest absolute Gasteiger partial charge is 0.00779 e. The van der Waals surface area contributed by atoms with Gasteiger partial charge >= 0.3 is 0 Å². The molecule has 1 aromatic rings. The molecule has 0 aliphatic heterocycles. The first kappa shape index (κ1) is 9.62. The van der Waals surface area contributed by atoms with Gasteiger partial charge in [0.2, 0.25) is 0 Å². The molecule has 0 radical (unpaired) electrons. The summed E-state index contributed by atoms with van der Waals surface area (Å²) in [4.78, 5) is 1.02. The lowest BCUT2D eigenvalue weighted by Gasteiger charge is -2.24. The van der Waals surface area contributed by atoms with Gasteiger partial charge in [-0.1, -0.05) is 32.0 Å². The van der Waals surface area contributed by atoms with Crippen molar-refractivity contribution in [3.63, 3.8) is 0 Å². The first-order valence-corrected chi connectivity index (χ1v) is 4.51. The van der Waals surface area contributed by atoms with Crippen molar-refractivity contribution in [1.82, 2.24) is 0 Å². The quantitative estimate of drug-likeness (QED) is 0.672. The Bertz CT molecular complexity index is 268. The average Bonchev–Trinajstić information content (AvgIpc) is 2.05. The molecule has 0 atom stereocenters. The molecule has 2 N–H and O–H groups in total. The summed E-state index contributed by atoms with van der Waals surface area (Å²) in [6.07, 6.45) is 0. The molecule has 0 heterocycles. The standard InChI is InChI=1S/C10H15NS/c1-10(2,7-11)8-5-3-4-6-9(8)12/h3-6,12H,7,11H2,1-2H3. The topological polar surface area (TPSA) is 26.0 Å². The van der Waals surface area contributed by atoms with Crippen molar-refractivity contribution in [3.05, 3.63) is 29.8 Å². The molecule has 0 amide bonds. The molecule has 0 aromatic heterocycles. The van der Waals surface area contributed by atoms with Gasteiger partial charge in [-0.05, 0) is 11.6 Å². The van der Waals surface area contributed by atoms with E-state index in [-0.39, 0.29) is 5.41 Å². The van der Waals surface area contributed by atoms with Crippen molar-refractivity contribution in [2.24, 2.45) is 5.73 Å². The summed E-state index contributed by atoms with van der Waals surface area (Å²) in [6.45, 7) is 4.90. The molecule has 0 fully saturated rings. The molecule has 66 valence electrons. The maximum absolute atomic E-state index is 5.67. The van der Waals surface area contributed by atoms with E-state index in [2.05, 4.69) is 32.5 Å². The Labute approximate surface area is 79.4 Å². The van der Waals surface area contributed by atoms with E-state index in [9.17, 15) is 0 Å². The van der Waals surface area contributed by atoms with Gasteiger partial charge in [0, 0.05) is 16.9 Å². The zero-order chi connectivity index (χ0) is 9.19. The lowest BCUT2D eigenvalue weighted by atomic mass is 9.85. The van der Waals surface area contributed by atoms with Crippen LogP contribution in [0.4, 0.5) is 0 Å². The highest BCUT2D eigenvalue weighted by Crippen LogP contribution is 2.27. The van der Waals surface area contributed by atoms with Gasteiger partial charge in [0.15, 0.2) is 0 Å². The minimum atomic E-state index is 0.0261. The van der Waals surface area contributed by atoms with E-state index in [1.165, 1.54) is 5.56 Å². The molecule has 0 saturated carbocycles. The molecule has 2 heteroatoms. The van der Waals surface area contributed by atoms with Gasteiger partial charge in [-0.15, -0.1) is 12.6 Å². The summed E-state index contributed by atoms with van der Waals surface area (Å²) in [5.74, 6) is 0. The zero-order valence-electron chi connectivity index (χ0n) is 7.54. The summed E-state index contributed by atoms with van der Waals surface area (Å²) in [6, 6.07) is 8.08. The Morgan fingerprint density at radius 2 is 1.92 bits per heavy atom. The highest BCUT2D eigenvalue weighted by molar-refractivity contribution is 7.80. The molecular formula is C10H15NS. The van der Waals surface area contributed by atoms with Crippen LogP contribution in [0.3, 0.4) is 0 Å². The van der Waals surface area contributed by atoms with Crippen LogP contribution in [0.5, 0.6) is 0 Å². The van der Waals surface area contributed by atoms with Crippen LogP contribution in [0.25, 0.3) is 0 Å². The number of benzene rings is 1. The lowest BCUT2D eigenvalue weighted by molar-refractivity contribution is 0.529. The average molecular weight is 181 g/mol. The molecule has 0 spiro atoms. The van der Waals surface area contributed by atoms with E-state index >= 15 is 0 Å².